The van der Waals surface area contributed by atoms with Gasteiger partial charge in [0.2, 0.25) is 0 Å². The maximum absolute atomic E-state index is 5.43. The predicted molar refractivity (Wildman–Crippen MR) is 63.5 cm³/mol. The highest BCUT2D eigenvalue weighted by Gasteiger charge is 2.16. The molecule has 0 radical (unpaired) electrons. The van der Waals surface area contributed by atoms with Crippen LogP contribution < -0.4 is 10.6 Å². The van der Waals surface area contributed by atoms with Crippen molar-refractivity contribution in [1.29, 1.82) is 0 Å². The molecule has 0 bridgehead atoms. The summed E-state index contributed by atoms with van der Waals surface area (Å²) in [6.45, 7) is 4.80. The van der Waals surface area contributed by atoms with Crippen molar-refractivity contribution >= 4 is 5.69 Å². The molecule has 5 heteroatoms. The minimum absolute atomic E-state index is 0.420. The molecule has 2 unspecified atom stereocenters. The van der Waals surface area contributed by atoms with Gasteiger partial charge in [-0.15, -0.1) is 0 Å². The van der Waals surface area contributed by atoms with Gasteiger partial charge in [0, 0.05) is 31.9 Å². The summed E-state index contributed by atoms with van der Waals surface area (Å²) >= 11 is 0. The first-order valence-electron chi connectivity index (χ1n) is 5.80. The standard InChI is InChI=1S/C11H20N4O/c1-9(5-10-8-16-4-3-12-10)14-11-6-13-15(2)7-11/h6-7,9-10,12,14H,3-5,8H2,1-2H3. The van der Waals surface area contributed by atoms with Crippen LogP contribution in [0.25, 0.3) is 0 Å². The fourth-order valence-corrected chi connectivity index (χ4v) is 2.04. The van der Waals surface area contributed by atoms with Crippen molar-refractivity contribution in [3.8, 4) is 0 Å². The molecule has 16 heavy (non-hydrogen) atoms. The monoisotopic (exact) mass is 224 g/mol. The van der Waals surface area contributed by atoms with Gasteiger partial charge in [0.25, 0.3) is 0 Å². The number of rotatable bonds is 4. The van der Waals surface area contributed by atoms with Crippen LogP contribution in [0.2, 0.25) is 0 Å². The number of nitrogens with one attached hydrogen (secondary N) is 2. The Hall–Kier alpha value is -1.07. The van der Waals surface area contributed by atoms with Crippen molar-refractivity contribution in [2.75, 3.05) is 25.1 Å². The number of hydrogen-bond acceptors (Lipinski definition) is 4. The summed E-state index contributed by atoms with van der Waals surface area (Å²) in [4.78, 5) is 0. The van der Waals surface area contributed by atoms with E-state index in [9.17, 15) is 0 Å². The van der Waals surface area contributed by atoms with Crippen LogP contribution in [0.5, 0.6) is 0 Å². The van der Waals surface area contributed by atoms with E-state index in [1.807, 2.05) is 19.4 Å². The fourth-order valence-electron chi connectivity index (χ4n) is 2.04. The van der Waals surface area contributed by atoms with Crippen molar-refractivity contribution in [2.45, 2.75) is 25.4 Å². The maximum atomic E-state index is 5.43. The summed E-state index contributed by atoms with van der Waals surface area (Å²) in [7, 11) is 1.92. The second-order valence-electron chi connectivity index (χ2n) is 4.41. The second-order valence-corrected chi connectivity index (χ2v) is 4.41. The van der Waals surface area contributed by atoms with Gasteiger partial charge < -0.3 is 15.4 Å². The Bertz CT molecular complexity index is 320. The zero-order valence-electron chi connectivity index (χ0n) is 9.94. The van der Waals surface area contributed by atoms with Crippen molar-refractivity contribution < 1.29 is 4.74 Å². The number of morpholine rings is 1. The van der Waals surface area contributed by atoms with E-state index >= 15 is 0 Å². The molecular weight excluding hydrogens is 204 g/mol. The minimum atomic E-state index is 0.420. The van der Waals surface area contributed by atoms with Crippen LogP contribution in [0.15, 0.2) is 12.4 Å². The van der Waals surface area contributed by atoms with E-state index in [-0.39, 0.29) is 0 Å². The van der Waals surface area contributed by atoms with Gasteiger partial charge in [-0.05, 0) is 13.3 Å². The van der Waals surface area contributed by atoms with E-state index in [2.05, 4.69) is 22.7 Å². The van der Waals surface area contributed by atoms with Gasteiger partial charge >= 0.3 is 0 Å². The molecule has 0 spiro atoms. The van der Waals surface area contributed by atoms with E-state index in [1.54, 1.807) is 4.68 Å². The number of aryl methyl sites for hydroxylation is 1. The van der Waals surface area contributed by atoms with Gasteiger partial charge in [0.15, 0.2) is 0 Å². The molecule has 0 saturated carbocycles. The molecule has 1 fully saturated rings. The normalized spacial score (nSPS) is 23.0. The second kappa shape index (κ2) is 5.32. The van der Waals surface area contributed by atoms with Crippen LogP contribution in [-0.2, 0) is 11.8 Å². The molecular formula is C11H20N4O. The molecule has 2 rings (SSSR count). The van der Waals surface area contributed by atoms with Crippen LogP contribution in [-0.4, -0.2) is 41.6 Å². The molecule has 5 nitrogen and oxygen atoms in total. The van der Waals surface area contributed by atoms with Crippen LogP contribution in [0.3, 0.4) is 0 Å². The Morgan fingerprint density at radius 2 is 2.62 bits per heavy atom. The lowest BCUT2D eigenvalue weighted by Crippen LogP contribution is -2.43. The highest BCUT2D eigenvalue weighted by Crippen LogP contribution is 2.10. The molecule has 2 N–H and O–H groups in total. The lowest BCUT2D eigenvalue weighted by molar-refractivity contribution is 0.0731. The zero-order valence-corrected chi connectivity index (χ0v) is 9.94. The Morgan fingerprint density at radius 1 is 1.75 bits per heavy atom. The number of anilines is 1. The van der Waals surface area contributed by atoms with Crippen molar-refractivity contribution in [1.82, 2.24) is 15.1 Å². The number of nitrogens with zero attached hydrogens (tertiary/aromatic N) is 2. The third-order valence-corrected chi connectivity index (χ3v) is 2.75. The number of hydrogen-bond donors (Lipinski definition) is 2. The molecule has 0 amide bonds. The average molecular weight is 224 g/mol. The van der Waals surface area contributed by atoms with Gasteiger partial charge in [-0.25, -0.2) is 0 Å². The third kappa shape index (κ3) is 3.21. The maximum Gasteiger partial charge on any atom is 0.0728 e. The first kappa shape index (κ1) is 11.4. The van der Waals surface area contributed by atoms with Crippen molar-refractivity contribution in [3.05, 3.63) is 12.4 Å². The summed E-state index contributed by atoms with van der Waals surface area (Å²) in [6, 6.07) is 0.885. The fraction of sp³-hybridized carbons (Fsp3) is 0.727. The molecule has 2 heterocycles. The molecule has 0 aliphatic carbocycles. The molecule has 0 aromatic carbocycles. The smallest absolute Gasteiger partial charge is 0.0728 e. The highest BCUT2D eigenvalue weighted by molar-refractivity contribution is 5.38. The molecule has 90 valence electrons. The van der Waals surface area contributed by atoms with Crippen molar-refractivity contribution in [2.24, 2.45) is 7.05 Å². The van der Waals surface area contributed by atoms with E-state index in [0.29, 0.717) is 12.1 Å². The van der Waals surface area contributed by atoms with Gasteiger partial charge in [0.1, 0.15) is 0 Å². The Morgan fingerprint density at radius 3 is 3.25 bits per heavy atom. The summed E-state index contributed by atoms with van der Waals surface area (Å²) in [5.41, 5.74) is 1.08. The van der Waals surface area contributed by atoms with E-state index in [1.165, 1.54) is 0 Å². The summed E-state index contributed by atoms with van der Waals surface area (Å²) in [6.07, 6.45) is 4.90. The number of ether oxygens (including phenoxy) is 1. The topological polar surface area (TPSA) is 51.1 Å². The molecule has 2 atom stereocenters. The van der Waals surface area contributed by atoms with Gasteiger partial charge in [-0.2, -0.15) is 5.10 Å². The lowest BCUT2D eigenvalue weighted by atomic mass is 10.1. The van der Waals surface area contributed by atoms with Gasteiger partial charge in [-0.3, -0.25) is 4.68 Å². The van der Waals surface area contributed by atoms with Gasteiger partial charge in [0.05, 0.1) is 25.1 Å². The van der Waals surface area contributed by atoms with Crippen LogP contribution in [0.1, 0.15) is 13.3 Å². The molecule has 1 saturated heterocycles. The van der Waals surface area contributed by atoms with E-state index in [4.69, 9.17) is 4.74 Å². The quantitative estimate of drug-likeness (QED) is 0.786. The average Bonchev–Trinajstić information content (AvgIpc) is 2.65. The highest BCUT2D eigenvalue weighted by atomic mass is 16.5. The Balaban J connectivity index is 1.77. The predicted octanol–water partition coefficient (Wildman–Crippen LogP) is 0.599. The Labute approximate surface area is 96.2 Å². The lowest BCUT2D eigenvalue weighted by Gasteiger charge is -2.26. The first-order chi connectivity index (χ1) is 7.74. The number of aromatic nitrogens is 2. The van der Waals surface area contributed by atoms with Crippen LogP contribution in [0.4, 0.5) is 5.69 Å². The first-order valence-corrected chi connectivity index (χ1v) is 5.80. The van der Waals surface area contributed by atoms with Crippen LogP contribution in [0, 0.1) is 0 Å². The SMILES string of the molecule is CC(CC1COCCN1)Nc1cnn(C)c1. The zero-order chi connectivity index (χ0) is 11.4. The summed E-state index contributed by atoms with van der Waals surface area (Å²) < 4.78 is 7.23. The molecule has 1 aliphatic heterocycles. The summed E-state index contributed by atoms with van der Waals surface area (Å²) in [5, 5.41) is 11.0. The van der Waals surface area contributed by atoms with E-state index < -0.39 is 0 Å². The minimum Gasteiger partial charge on any atom is -0.380 e. The molecule has 1 aromatic rings. The van der Waals surface area contributed by atoms with E-state index in [0.717, 1.165) is 31.9 Å². The van der Waals surface area contributed by atoms with Gasteiger partial charge in [-0.1, -0.05) is 0 Å². The van der Waals surface area contributed by atoms with Crippen LogP contribution >= 0.6 is 0 Å². The largest absolute Gasteiger partial charge is 0.380 e. The molecule has 1 aromatic heterocycles. The summed E-state index contributed by atoms with van der Waals surface area (Å²) in [5.74, 6) is 0. The van der Waals surface area contributed by atoms with Crippen molar-refractivity contribution in [3.63, 3.8) is 0 Å². The third-order valence-electron chi connectivity index (χ3n) is 2.75. The Kier molecular flexibility index (Phi) is 3.79. The molecule has 1 aliphatic rings.